The fourth-order valence-electron chi connectivity index (χ4n) is 2.98. The van der Waals surface area contributed by atoms with Crippen LogP contribution < -0.4 is 0 Å². The van der Waals surface area contributed by atoms with E-state index < -0.39 is 12.0 Å². The molecule has 2 unspecified atom stereocenters. The third kappa shape index (κ3) is 5.64. The lowest BCUT2D eigenvalue weighted by atomic mass is 9.82. The second kappa shape index (κ2) is 9.68. The molecule has 0 radical (unpaired) electrons. The number of carbonyl (C=O) groups excluding carboxylic acids is 2. The molecular formula is C17H22ClFN2O4. The number of rotatable bonds is 7. The third-order valence-corrected chi connectivity index (χ3v) is 4.44. The van der Waals surface area contributed by atoms with Crippen LogP contribution in [0.4, 0.5) is 9.18 Å². The molecule has 0 spiro atoms. The largest absolute Gasteiger partial charge is 0.447 e. The lowest BCUT2D eigenvalue weighted by Crippen LogP contribution is -2.42. The molecule has 6 nitrogen and oxygen atoms in total. The van der Waals surface area contributed by atoms with Crippen molar-refractivity contribution in [1.82, 2.24) is 9.88 Å². The Kier molecular flexibility index (Phi) is 7.58. The van der Waals surface area contributed by atoms with Gasteiger partial charge in [0.15, 0.2) is 0 Å². The monoisotopic (exact) mass is 372 g/mol. The summed E-state index contributed by atoms with van der Waals surface area (Å²) in [7, 11) is 0. The summed E-state index contributed by atoms with van der Waals surface area (Å²) in [6.07, 6.45) is 2.60. The maximum atomic E-state index is 14.0. The summed E-state index contributed by atoms with van der Waals surface area (Å²) in [6.45, 7) is 3.63. The van der Waals surface area contributed by atoms with Crippen molar-refractivity contribution in [3.05, 3.63) is 28.8 Å². The van der Waals surface area contributed by atoms with E-state index in [1.165, 1.54) is 6.20 Å². The van der Waals surface area contributed by atoms with Gasteiger partial charge in [0, 0.05) is 31.3 Å². The quantitative estimate of drug-likeness (QED) is 0.418. The van der Waals surface area contributed by atoms with E-state index in [4.69, 9.17) is 21.1 Å². The highest BCUT2D eigenvalue weighted by atomic mass is 35.5. The van der Waals surface area contributed by atoms with Gasteiger partial charge in [-0.3, -0.25) is 0 Å². The van der Waals surface area contributed by atoms with E-state index in [0.29, 0.717) is 43.1 Å². The average Bonchev–Trinajstić information content (AvgIpc) is 2.60. The Hall–Kier alpha value is -1.73. The van der Waals surface area contributed by atoms with Gasteiger partial charge in [-0.25, -0.2) is 9.78 Å². The number of halogens is 2. The van der Waals surface area contributed by atoms with Crippen LogP contribution in [0.3, 0.4) is 0 Å². The van der Waals surface area contributed by atoms with E-state index in [1.807, 2.05) is 6.92 Å². The van der Waals surface area contributed by atoms with Gasteiger partial charge in [0.2, 0.25) is 5.95 Å². The van der Waals surface area contributed by atoms with Crippen LogP contribution in [0.5, 0.6) is 0 Å². The summed E-state index contributed by atoms with van der Waals surface area (Å²) in [5.41, 5.74) is 0.497. The van der Waals surface area contributed by atoms with Crippen LogP contribution in [0.25, 0.3) is 0 Å². The van der Waals surface area contributed by atoms with Crippen molar-refractivity contribution in [3.8, 4) is 0 Å². The maximum absolute atomic E-state index is 14.0. The first kappa shape index (κ1) is 19.6. The minimum Gasteiger partial charge on any atom is -0.447 e. The molecule has 1 aromatic rings. The van der Waals surface area contributed by atoms with Gasteiger partial charge in [0.1, 0.15) is 12.9 Å². The summed E-state index contributed by atoms with van der Waals surface area (Å²) in [5, 5.41) is 0.403. The van der Waals surface area contributed by atoms with E-state index in [1.54, 1.807) is 11.0 Å². The standard InChI is InChI=1S/C17H22ClFN2O4/c1-12-11-21(17(23)25-8-7-24-6-2-5-22)4-3-14(12)15-9-13(18)10-20-16(15)19/h5,9-10,12,14H,2-4,6-8,11H2,1H3. The van der Waals surface area contributed by atoms with E-state index >= 15 is 0 Å². The number of likely N-dealkylation sites (tertiary alicyclic amines) is 1. The predicted octanol–water partition coefficient (Wildman–Crippen LogP) is 3.04. The molecule has 0 bridgehead atoms. The van der Waals surface area contributed by atoms with Gasteiger partial charge in [0.05, 0.1) is 18.2 Å². The number of amides is 1. The minimum atomic E-state index is -0.509. The zero-order valence-corrected chi connectivity index (χ0v) is 14.9. The Morgan fingerprint density at radius 2 is 2.28 bits per heavy atom. The molecule has 25 heavy (non-hydrogen) atoms. The van der Waals surface area contributed by atoms with Gasteiger partial charge >= 0.3 is 6.09 Å². The second-order valence-corrected chi connectivity index (χ2v) is 6.47. The lowest BCUT2D eigenvalue weighted by molar-refractivity contribution is -0.108. The molecule has 0 aliphatic carbocycles. The van der Waals surface area contributed by atoms with Crippen LogP contribution >= 0.6 is 11.6 Å². The second-order valence-electron chi connectivity index (χ2n) is 6.03. The smallest absolute Gasteiger partial charge is 0.409 e. The van der Waals surface area contributed by atoms with E-state index in [0.717, 1.165) is 6.29 Å². The highest BCUT2D eigenvalue weighted by Gasteiger charge is 2.32. The van der Waals surface area contributed by atoms with Gasteiger partial charge in [-0.2, -0.15) is 4.39 Å². The Labute approximate surface area is 151 Å². The molecule has 1 fully saturated rings. The number of pyridine rings is 1. The molecule has 0 aromatic carbocycles. The molecule has 1 aromatic heterocycles. The number of hydrogen-bond donors (Lipinski definition) is 0. The van der Waals surface area contributed by atoms with Crippen molar-refractivity contribution in [1.29, 1.82) is 0 Å². The number of ether oxygens (including phenoxy) is 2. The summed E-state index contributed by atoms with van der Waals surface area (Å²) < 4.78 is 24.3. The maximum Gasteiger partial charge on any atom is 0.409 e. The summed E-state index contributed by atoms with van der Waals surface area (Å²) >= 11 is 5.92. The van der Waals surface area contributed by atoms with E-state index in [9.17, 15) is 14.0 Å². The average molecular weight is 373 g/mol. The van der Waals surface area contributed by atoms with Crippen molar-refractivity contribution in [2.24, 2.45) is 5.92 Å². The first-order valence-corrected chi connectivity index (χ1v) is 8.64. The van der Waals surface area contributed by atoms with Crippen LogP contribution in [0.1, 0.15) is 31.2 Å². The number of carbonyl (C=O) groups is 2. The zero-order valence-electron chi connectivity index (χ0n) is 14.1. The molecule has 138 valence electrons. The highest BCUT2D eigenvalue weighted by Crippen LogP contribution is 2.34. The molecule has 2 atom stereocenters. The molecule has 8 heteroatoms. The van der Waals surface area contributed by atoms with Crippen molar-refractivity contribution < 1.29 is 23.5 Å². The van der Waals surface area contributed by atoms with Crippen LogP contribution in [0, 0.1) is 11.9 Å². The Balaban J connectivity index is 1.81. The number of hydrogen-bond acceptors (Lipinski definition) is 5. The van der Waals surface area contributed by atoms with Crippen molar-refractivity contribution in [3.63, 3.8) is 0 Å². The minimum absolute atomic E-state index is 0.0399. The normalized spacial score (nSPS) is 20.4. The zero-order chi connectivity index (χ0) is 18.2. The fourth-order valence-corrected chi connectivity index (χ4v) is 3.15. The molecule has 1 aliphatic rings. The number of aromatic nitrogens is 1. The fraction of sp³-hybridized carbons (Fsp3) is 0.588. The van der Waals surface area contributed by atoms with Gasteiger partial charge in [-0.15, -0.1) is 0 Å². The Morgan fingerprint density at radius 1 is 1.48 bits per heavy atom. The van der Waals surface area contributed by atoms with Crippen LogP contribution in [-0.2, 0) is 14.3 Å². The van der Waals surface area contributed by atoms with Crippen LogP contribution in [0.15, 0.2) is 12.3 Å². The molecule has 0 saturated carbocycles. The number of piperidine rings is 1. The van der Waals surface area contributed by atoms with Gasteiger partial charge < -0.3 is 19.2 Å². The predicted molar refractivity (Wildman–Crippen MR) is 90.1 cm³/mol. The summed E-state index contributed by atoms with van der Waals surface area (Å²) in [4.78, 5) is 27.5. The molecule has 1 aliphatic heterocycles. The first-order valence-electron chi connectivity index (χ1n) is 8.27. The molecule has 2 heterocycles. The third-order valence-electron chi connectivity index (χ3n) is 4.23. The van der Waals surface area contributed by atoms with Crippen LogP contribution in [-0.4, -0.2) is 55.2 Å². The molecular weight excluding hydrogens is 351 g/mol. The lowest BCUT2D eigenvalue weighted by Gasteiger charge is -2.36. The van der Waals surface area contributed by atoms with E-state index in [-0.39, 0.29) is 25.0 Å². The van der Waals surface area contributed by atoms with Gasteiger partial charge in [-0.05, 0) is 24.3 Å². The number of aldehydes is 1. The van der Waals surface area contributed by atoms with Gasteiger partial charge in [0.25, 0.3) is 0 Å². The molecule has 1 amide bonds. The van der Waals surface area contributed by atoms with Crippen molar-refractivity contribution in [2.45, 2.75) is 25.7 Å². The molecule has 2 rings (SSSR count). The molecule has 1 saturated heterocycles. The van der Waals surface area contributed by atoms with E-state index in [2.05, 4.69) is 4.98 Å². The van der Waals surface area contributed by atoms with Crippen LogP contribution in [0.2, 0.25) is 5.02 Å². The summed E-state index contributed by atoms with van der Waals surface area (Å²) in [5.74, 6) is -0.494. The Bertz CT molecular complexity index is 602. The number of nitrogens with zero attached hydrogens (tertiary/aromatic N) is 2. The topological polar surface area (TPSA) is 68.7 Å². The molecule has 0 N–H and O–H groups in total. The van der Waals surface area contributed by atoms with Crippen molar-refractivity contribution in [2.75, 3.05) is 32.9 Å². The summed E-state index contributed by atoms with van der Waals surface area (Å²) in [6, 6.07) is 1.61. The van der Waals surface area contributed by atoms with Crippen molar-refractivity contribution >= 4 is 24.0 Å². The SMILES string of the molecule is CC1CN(C(=O)OCCOCCC=O)CCC1c1cc(Cl)cnc1F. The Morgan fingerprint density at radius 3 is 3.00 bits per heavy atom. The first-order chi connectivity index (χ1) is 12.0. The highest BCUT2D eigenvalue weighted by molar-refractivity contribution is 6.30. The van der Waals surface area contributed by atoms with Gasteiger partial charge in [-0.1, -0.05) is 18.5 Å².